The SMILES string of the molecule is CCC(C)N(C)CCNCc1ccc(O)c(O)c1. The molecule has 0 amide bonds. The Balaban J connectivity index is 2.27. The Morgan fingerprint density at radius 2 is 2.00 bits per heavy atom. The van der Waals surface area contributed by atoms with E-state index < -0.39 is 0 Å². The zero-order chi connectivity index (χ0) is 13.5. The van der Waals surface area contributed by atoms with Gasteiger partial charge in [0, 0.05) is 25.7 Å². The number of benzene rings is 1. The summed E-state index contributed by atoms with van der Waals surface area (Å²) in [6.45, 7) is 7.01. The van der Waals surface area contributed by atoms with Gasteiger partial charge in [-0.3, -0.25) is 0 Å². The molecule has 1 rings (SSSR count). The van der Waals surface area contributed by atoms with Crippen LogP contribution in [0.25, 0.3) is 0 Å². The number of likely N-dealkylation sites (N-methyl/N-ethyl adjacent to an activating group) is 1. The Hall–Kier alpha value is -1.26. The molecule has 18 heavy (non-hydrogen) atoms. The number of phenolic OH excluding ortho intramolecular Hbond substituents is 2. The Bertz CT molecular complexity index is 369. The molecule has 0 heterocycles. The summed E-state index contributed by atoms with van der Waals surface area (Å²) in [6, 6.07) is 5.50. The summed E-state index contributed by atoms with van der Waals surface area (Å²) in [4.78, 5) is 2.32. The number of nitrogens with zero attached hydrogens (tertiary/aromatic N) is 1. The molecule has 1 aromatic carbocycles. The van der Waals surface area contributed by atoms with Crippen LogP contribution >= 0.6 is 0 Å². The molecular formula is C14H24N2O2. The van der Waals surface area contributed by atoms with Crippen LogP contribution in [0.4, 0.5) is 0 Å². The van der Waals surface area contributed by atoms with Gasteiger partial charge in [-0.2, -0.15) is 0 Å². The molecule has 0 aliphatic rings. The highest BCUT2D eigenvalue weighted by molar-refractivity contribution is 5.40. The van der Waals surface area contributed by atoms with Crippen molar-refractivity contribution in [1.82, 2.24) is 10.2 Å². The van der Waals surface area contributed by atoms with Gasteiger partial charge in [0.05, 0.1) is 0 Å². The second-order valence-electron chi connectivity index (χ2n) is 4.74. The molecule has 0 aliphatic heterocycles. The molecule has 4 heteroatoms. The van der Waals surface area contributed by atoms with Gasteiger partial charge in [-0.05, 0) is 38.1 Å². The molecule has 4 nitrogen and oxygen atoms in total. The molecule has 102 valence electrons. The molecule has 0 aliphatic carbocycles. The zero-order valence-electron chi connectivity index (χ0n) is 11.5. The third kappa shape index (κ3) is 4.55. The van der Waals surface area contributed by atoms with Crippen molar-refractivity contribution in [3.8, 4) is 11.5 Å². The molecule has 3 N–H and O–H groups in total. The van der Waals surface area contributed by atoms with E-state index in [0.29, 0.717) is 12.6 Å². The lowest BCUT2D eigenvalue weighted by atomic mass is 10.2. The smallest absolute Gasteiger partial charge is 0.157 e. The first-order valence-corrected chi connectivity index (χ1v) is 6.46. The molecule has 0 saturated heterocycles. The number of hydrogen-bond acceptors (Lipinski definition) is 4. The van der Waals surface area contributed by atoms with Crippen LogP contribution in [-0.4, -0.2) is 41.3 Å². The summed E-state index contributed by atoms with van der Waals surface area (Å²) in [7, 11) is 2.13. The van der Waals surface area contributed by atoms with E-state index in [-0.39, 0.29) is 11.5 Å². The van der Waals surface area contributed by atoms with E-state index in [1.807, 2.05) is 0 Å². The summed E-state index contributed by atoms with van der Waals surface area (Å²) in [6.07, 6.45) is 1.16. The van der Waals surface area contributed by atoms with E-state index in [4.69, 9.17) is 0 Å². The summed E-state index contributed by atoms with van der Waals surface area (Å²) in [5.41, 5.74) is 0.969. The van der Waals surface area contributed by atoms with Crippen LogP contribution in [0, 0.1) is 0 Å². The normalized spacial score (nSPS) is 12.9. The number of aromatic hydroxyl groups is 2. The van der Waals surface area contributed by atoms with Crippen molar-refractivity contribution in [2.24, 2.45) is 0 Å². The number of rotatable bonds is 7. The van der Waals surface area contributed by atoms with Crippen molar-refractivity contribution in [2.75, 3.05) is 20.1 Å². The summed E-state index contributed by atoms with van der Waals surface area (Å²) in [5.74, 6) is -0.138. The quantitative estimate of drug-likeness (QED) is 0.512. The monoisotopic (exact) mass is 252 g/mol. The summed E-state index contributed by atoms with van der Waals surface area (Å²) < 4.78 is 0. The second-order valence-corrected chi connectivity index (χ2v) is 4.74. The molecule has 0 saturated carbocycles. The minimum atomic E-state index is -0.0738. The second kappa shape index (κ2) is 7.24. The maximum atomic E-state index is 9.36. The molecule has 0 radical (unpaired) electrons. The van der Waals surface area contributed by atoms with Gasteiger partial charge in [-0.15, -0.1) is 0 Å². The van der Waals surface area contributed by atoms with E-state index in [1.165, 1.54) is 6.07 Å². The third-order valence-corrected chi connectivity index (χ3v) is 3.35. The Labute approximate surface area is 109 Å². The molecule has 1 unspecified atom stereocenters. The van der Waals surface area contributed by atoms with Crippen molar-refractivity contribution >= 4 is 0 Å². The lowest BCUT2D eigenvalue weighted by molar-refractivity contribution is 0.251. The highest BCUT2D eigenvalue weighted by Crippen LogP contribution is 2.24. The molecule has 1 atom stereocenters. The fraction of sp³-hybridized carbons (Fsp3) is 0.571. The Kier molecular flexibility index (Phi) is 5.95. The third-order valence-electron chi connectivity index (χ3n) is 3.35. The highest BCUT2D eigenvalue weighted by Gasteiger charge is 2.05. The molecular weight excluding hydrogens is 228 g/mol. The summed E-state index contributed by atoms with van der Waals surface area (Å²) in [5, 5.41) is 21.9. The fourth-order valence-corrected chi connectivity index (χ4v) is 1.70. The van der Waals surface area contributed by atoms with Crippen molar-refractivity contribution in [1.29, 1.82) is 0 Å². The van der Waals surface area contributed by atoms with Crippen LogP contribution in [0.15, 0.2) is 18.2 Å². The van der Waals surface area contributed by atoms with E-state index in [1.54, 1.807) is 12.1 Å². The largest absolute Gasteiger partial charge is 0.504 e. The average Bonchev–Trinajstić information content (AvgIpc) is 2.37. The van der Waals surface area contributed by atoms with Crippen molar-refractivity contribution in [3.63, 3.8) is 0 Å². The maximum absolute atomic E-state index is 9.36. The molecule has 0 bridgehead atoms. The van der Waals surface area contributed by atoms with Gasteiger partial charge in [0.15, 0.2) is 11.5 Å². The van der Waals surface area contributed by atoms with Crippen LogP contribution in [0.3, 0.4) is 0 Å². The number of hydrogen-bond donors (Lipinski definition) is 3. The zero-order valence-corrected chi connectivity index (χ0v) is 11.5. The van der Waals surface area contributed by atoms with Gasteiger partial charge < -0.3 is 20.4 Å². The predicted octanol–water partition coefficient (Wildman–Crippen LogP) is 1.92. The van der Waals surface area contributed by atoms with Gasteiger partial charge in [0.1, 0.15) is 0 Å². The van der Waals surface area contributed by atoms with E-state index in [9.17, 15) is 10.2 Å². The minimum Gasteiger partial charge on any atom is -0.504 e. The minimum absolute atomic E-state index is 0.0639. The van der Waals surface area contributed by atoms with Crippen LogP contribution in [0.5, 0.6) is 11.5 Å². The Morgan fingerprint density at radius 1 is 1.28 bits per heavy atom. The molecule has 1 aromatic rings. The molecule has 0 fully saturated rings. The highest BCUT2D eigenvalue weighted by atomic mass is 16.3. The topological polar surface area (TPSA) is 55.7 Å². The first-order chi connectivity index (χ1) is 8.54. The van der Waals surface area contributed by atoms with Crippen molar-refractivity contribution < 1.29 is 10.2 Å². The lowest BCUT2D eigenvalue weighted by Gasteiger charge is -2.23. The average molecular weight is 252 g/mol. The van der Waals surface area contributed by atoms with Gasteiger partial charge in [-0.25, -0.2) is 0 Å². The van der Waals surface area contributed by atoms with Crippen molar-refractivity contribution in [3.05, 3.63) is 23.8 Å². The predicted molar refractivity (Wildman–Crippen MR) is 73.9 cm³/mol. The first-order valence-electron chi connectivity index (χ1n) is 6.46. The van der Waals surface area contributed by atoms with Gasteiger partial charge in [-0.1, -0.05) is 13.0 Å². The van der Waals surface area contributed by atoms with Gasteiger partial charge in [0.2, 0.25) is 0 Å². The first kappa shape index (κ1) is 14.8. The van der Waals surface area contributed by atoms with Crippen LogP contribution in [0.2, 0.25) is 0 Å². The van der Waals surface area contributed by atoms with Crippen molar-refractivity contribution in [2.45, 2.75) is 32.9 Å². The van der Waals surface area contributed by atoms with E-state index >= 15 is 0 Å². The van der Waals surface area contributed by atoms with E-state index in [2.05, 4.69) is 31.1 Å². The van der Waals surface area contributed by atoms with Crippen LogP contribution in [0.1, 0.15) is 25.8 Å². The molecule has 0 spiro atoms. The maximum Gasteiger partial charge on any atom is 0.157 e. The van der Waals surface area contributed by atoms with Crippen LogP contribution in [-0.2, 0) is 6.54 Å². The van der Waals surface area contributed by atoms with Gasteiger partial charge >= 0.3 is 0 Å². The van der Waals surface area contributed by atoms with Crippen LogP contribution < -0.4 is 5.32 Å². The number of phenols is 2. The number of nitrogens with one attached hydrogen (secondary N) is 1. The van der Waals surface area contributed by atoms with E-state index in [0.717, 1.165) is 25.1 Å². The molecule has 0 aromatic heterocycles. The lowest BCUT2D eigenvalue weighted by Crippen LogP contribution is -2.34. The van der Waals surface area contributed by atoms with Gasteiger partial charge in [0.25, 0.3) is 0 Å². The standard InChI is InChI=1S/C14H24N2O2/c1-4-11(2)16(3)8-7-15-10-12-5-6-13(17)14(18)9-12/h5-6,9,11,15,17-18H,4,7-8,10H2,1-3H3. The summed E-state index contributed by atoms with van der Waals surface area (Å²) >= 11 is 0. The fourth-order valence-electron chi connectivity index (χ4n) is 1.70. The Morgan fingerprint density at radius 3 is 2.61 bits per heavy atom.